The van der Waals surface area contributed by atoms with Crippen LogP contribution in [-0.4, -0.2) is 76.0 Å². The molecule has 0 radical (unpaired) electrons. The van der Waals surface area contributed by atoms with Crippen molar-refractivity contribution in [2.24, 2.45) is 0 Å². The van der Waals surface area contributed by atoms with Crippen LogP contribution in [0.5, 0.6) is 0 Å². The topological polar surface area (TPSA) is 72.5 Å². The maximum atomic E-state index is 12.9. The van der Waals surface area contributed by atoms with Crippen LogP contribution >= 0.6 is 11.3 Å². The van der Waals surface area contributed by atoms with Crippen LogP contribution in [0, 0.1) is 0 Å². The van der Waals surface area contributed by atoms with Gasteiger partial charge >= 0.3 is 0 Å². The average Bonchev–Trinajstić information content (AvgIpc) is 3.40. The number of amides is 2. The number of thiophene rings is 1. The Labute approximate surface area is 172 Å². The number of H-pyrrole nitrogens is 1. The molecule has 3 aromatic rings. The fourth-order valence-electron chi connectivity index (χ4n) is 4.14. The van der Waals surface area contributed by atoms with Gasteiger partial charge in [-0.3, -0.25) is 19.6 Å². The monoisotopic (exact) mass is 409 g/mol. The molecule has 0 unspecified atom stereocenters. The molecule has 0 atom stereocenters. The van der Waals surface area contributed by atoms with Gasteiger partial charge in [-0.15, -0.1) is 11.3 Å². The number of hydrogen-bond acceptors (Lipinski definition) is 5. The molecule has 8 heteroatoms. The number of para-hydroxylation sites is 1. The van der Waals surface area contributed by atoms with Gasteiger partial charge in [-0.2, -0.15) is 5.10 Å². The first kappa shape index (κ1) is 18.3. The molecular formula is C21H23N5O2S. The lowest BCUT2D eigenvalue weighted by Crippen LogP contribution is -2.52. The highest BCUT2D eigenvalue weighted by Gasteiger charge is 2.28. The Hall–Kier alpha value is -2.71. The predicted molar refractivity (Wildman–Crippen MR) is 112 cm³/mol. The number of benzene rings is 1. The third-order valence-electron chi connectivity index (χ3n) is 5.85. The van der Waals surface area contributed by atoms with Gasteiger partial charge in [-0.05, 0) is 29.5 Å². The van der Waals surface area contributed by atoms with E-state index in [1.807, 2.05) is 34.1 Å². The van der Waals surface area contributed by atoms with Crippen molar-refractivity contribution in [1.29, 1.82) is 0 Å². The van der Waals surface area contributed by atoms with Gasteiger partial charge < -0.3 is 9.80 Å². The maximum absolute atomic E-state index is 12.9. The van der Waals surface area contributed by atoms with E-state index >= 15 is 0 Å². The van der Waals surface area contributed by atoms with Crippen molar-refractivity contribution in [1.82, 2.24) is 24.9 Å². The van der Waals surface area contributed by atoms with E-state index in [4.69, 9.17) is 0 Å². The molecule has 0 bridgehead atoms. The Morgan fingerprint density at radius 2 is 1.86 bits per heavy atom. The minimum Gasteiger partial charge on any atom is -0.337 e. The minimum absolute atomic E-state index is 0.0468. The Bertz CT molecular complexity index is 1050. The van der Waals surface area contributed by atoms with Crippen molar-refractivity contribution >= 4 is 34.1 Å². The largest absolute Gasteiger partial charge is 0.337 e. The molecule has 0 aliphatic carbocycles. The molecule has 5 rings (SSSR count). The molecule has 150 valence electrons. The molecule has 1 aromatic carbocycles. The number of nitrogens with one attached hydrogen (secondary N) is 1. The van der Waals surface area contributed by atoms with Crippen LogP contribution in [0.2, 0.25) is 0 Å². The van der Waals surface area contributed by atoms with E-state index in [1.165, 1.54) is 10.4 Å². The summed E-state index contributed by atoms with van der Waals surface area (Å²) in [6, 6.07) is 9.80. The SMILES string of the molecule is O=C(CN1CCN(C(=O)c2n[nH]c3ccccc23)CC1)N1CCc2sccc2C1. The standard InChI is InChI=1S/C21H23N5O2S/c27-19(26-7-5-18-15(13-26)6-12-29-18)14-24-8-10-25(11-9-24)21(28)20-16-3-1-2-4-17(16)22-23-20/h1-4,6,12H,5,7-11,13-14H2,(H,22,23). The second-order valence-corrected chi connectivity index (χ2v) is 8.62. The first-order chi connectivity index (χ1) is 14.2. The van der Waals surface area contributed by atoms with Gasteiger partial charge in [0.25, 0.3) is 5.91 Å². The molecule has 2 aliphatic rings. The van der Waals surface area contributed by atoms with Crippen LogP contribution < -0.4 is 0 Å². The number of rotatable bonds is 3. The molecule has 2 aromatic heterocycles. The fourth-order valence-corrected chi connectivity index (χ4v) is 5.03. The summed E-state index contributed by atoms with van der Waals surface area (Å²) in [4.78, 5) is 33.0. The second-order valence-electron chi connectivity index (χ2n) is 7.62. The number of nitrogens with zero attached hydrogens (tertiary/aromatic N) is 4. The lowest BCUT2D eigenvalue weighted by Gasteiger charge is -2.35. The van der Waals surface area contributed by atoms with Gasteiger partial charge in [0.1, 0.15) is 0 Å². The van der Waals surface area contributed by atoms with Gasteiger partial charge in [-0.25, -0.2) is 0 Å². The summed E-state index contributed by atoms with van der Waals surface area (Å²) in [5.74, 6) is 0.134. The summed E-state index contributed by atoms with van der Waals surface area (Å²) in [5.41, 5.74) is 2.64. The van der Waals surface area contributed by atoms with Gasteiger partial charge in [0, 0.05) is 49.5 Å². The van der Waals surface area contributed by atoms with Crippen LogP contribution in [0.3, 0.4) is 0 Å². The first-order valence-corrected chi connectivity index (χ1v) is 10.8. The molecule has 0 spiro atoms. The van der Waals surface area contributed by atoms with Crippen LogP contribution in [0.25, 0.3) is 10.9 Å². The molecular weight excluding hydrogens is 386 g/mol. The summed E-state index contributed by atoms with van der Waals surface area (Å²) in [5, 5.41) is 10.1. The van der Waals surface area contributed by atoms with Crippen molar-refractivity contribution < 1.29 is 9.59 Å². The number of piperazine rings is 1. The quantitative estimate of drug-likeness (QED) is 0.718. The third-order valence-corrected chi connectivity index (χ3v) is 6.87. The third kappa shape index (κ3) is 3.54. The number of aromatic amines is 1. The van der Waals surface area contributed by atoms with Gasteiger partial charge in [0.15, 0.2) is 5.69 Å². The molecule has 1 fully saturated rings. The molecule has 2 amide bonds. The van der Waals surface area contributed by atoms with E-state index < -0.39 is 0 Å². The minimum atomic E-state index is -0.0468. The van der Waals surface area contributed by atoms with E-state index in [0.29, 0.717) is 38.4 Å². The van der Waals surface area contributed by atoms with E-state index in [0.717, 1.165) is 30.4 Å². The molecule has 29 heavy (non-hydrogen) atoms. The van der Waals surface area contributed by atoms with Gasteiger partial charge in [0.2, 0.25) is 5.91 Å². The lowest BCUT2D eigenvalue weighted by molar-refractivity contribution is -0.133. The van der Waals surface area contributed by atoms with Crippen molar-refractivity contribution in [2.75, 3.05) is 39.3 Å². The van der Waals surface area contributed by atoms with E-state index in [2.05, 4.69) is 26.5 Å². The number of aromatic nitrogens is 2. The second kappa shape index (κ2) is 7.61. The maximum Gasteiger partial charge on any atom is 0.275 e. The summed E-state index contributed by atoms with van der Waals surface area (Å²) >= 11 is 1.78. The summed E-state index contributed by atoms with van der Waals surface area (Å²) in [6.07, 6.45) is 0.957. The average molecular weight is 410 g/mol. The zero-order chi connectivity index (χ0) is 19.8. The lowest BCUT2D eigenvalue weighted by atomic mass is 10.1. The van der Waals surface area contributed by atoms with Crippen molar-refractivity contribution in [3.63, 3.8) is 0 Å². The van der Waals surface area contributed by atoms with Crippen LogP contribution in [0.15, 0.2) is 35.7 Å². The van der Waals surface area contributed by atoms with Crippen molar-refractivity contribution in [3.05, 3.63) is 51.8 Å². The molecule has 7 nitrogen and oxygen atoms in total. The normalized spacial score (nSPS) is 17.5. The Morgan fingerprint density at radius 1 is 1.03 bits per heavy atom. The highest BCUT2D eigenvalue weighted by Crippen LogP contribution is 2.24. The van der Waals surface area contributed by atoms with Crippen molar-refractivity contribution in [3.8, 4) is 0 Å². The smallest absolute Gasteiger partial charge is 0.275 e. The first-order valence-electron chi connectivity index (χ1n) is 9.97. The Morgan fingerprint density at radius 3 is 2.72 bits per heavy atom. The van der Waals surface area contributed by atoms with Crippen LogP contribution in [-0.2, 0) is 17.8 Å². The summed E-state index contributed by atoms with van der Waals surface area (Å²) in [7, 11) is 0. The fraction of sp³-hybridized carbons (Fsp3) is 0.381. The zero-order valence-electron chi connectivity index (χ0n) is 16.1. The number of carbonyl (C=O) groups is 2. The Balaban J connectivity index is 1.17. The molecule has 0 saturated carbocycles. The van der Waals surface area contributed by atoms with Crippen LogP contribution in [0.4, 0.5) is 0 Å². The highest BCUT2D eigenvalue weighted by atomic mass is 32.1. The highest BCUT2D eigenvalue weighted by molar-refractivity contribution is 7.10. The summed E-state index contributed by atoms with van der Waals surface area (Å²) in [6.45, 7) is 4.59. The van der Waals surface area contributed by atoms with E-state index in [-0.39, 0.29) is 11.8 Å². The number of carbonyl (C=O) groups excluding carboxylic acids is 2. The van der Waals surface area contributed by atoms with Gasteiger partial charge in [-0.1, -0.05) is 18.2 Å². The zero-order valence-corrected chi connectivity index (χ0v) is 17.0. The van der Waals surface area contributed by atoms with E-state index in [1.54, 1.807) is 11.3 Å². The van der Waals surface area contributed by atoms with Crippen LogP contribution in [0.1, 0.15) is 20.9 Å². The predicted octanol–water partition coefficient (Wildman–Crippen LogP) is 1.97. The molecule has 1 N–H and O–H groups in total. The molecule has 4 heterocycles. The molecule has 1 saturated heterocycles. The summed E-state index contributed by atoms with van der Waals surface area (Å²) < 4.78 is 0. The Kier molecular flexibility index (Phi) is 4.81. The van der Waals surface area contributed by atoms with Crippen molar-refractivity contribution in [2.45, 2.75) is 13.0 Å². The van der Waals surface area contributed by atoms with Gasteiger partial charge in [0.05, 0.1) is 12.1 Å². The molecule has 2 aliphatic heterocycles. The number of hydrogen-bond donors (Lipinski definition) is 1. The number of fused-ring (bicyclic) bond motifs is 2. The van der Waals surface area contributed by atoms with E-state index in [9.17, 15) is 9.59 Å².